The topological polar surface area (TPSA) is 53.5 Å². The zero-order chi connectivity index (χ0) is 18.3. The van der Waals surface area contributed by atoms with Crippen molar-refractivity contribution in [2.75, 3.05) is 13.1 Å². The molecule has 2 aromatic rings. The van der Waals surface area contributed by atoms with Gasteiger partial charge in [0.1, 0.15) is 5.82 Å². The third-order valence-corrected chi connectivity index (χ3v) is 7.03. The van der Waals surface area contributed by atoms with E-state index in [1.54, 1.807) is 16.4 Å². The molecule has 5 rings (SSSR count). The van der Waals surface area contributed by atoms with Crippen molar-refractivity contribution in [3.63, 3.8) is 0 Å². The highest BCUT2D eigenvalue weighted by molar-refractivity contribution is 7.88. The van der Waals surface area contributed by atoms with Crippen LogP contribution in [0.25, 0.3) is 0 Å². The summed E-state index contributed by atoms with van der Waals surface area (Å²) in [6.45, 7) is 4.15. The number of nitrogens with zero attached hydrogens (tertiary/aromatic N) is 3. The van der Waals surface area contributed by atoms with E-state index < -0.39 is 15.8 Å². The summed E-state index contributed by atoms with van der Waals surface area (Å²) in [7, 11) is -3.43. The maximum Gasteiger partial charge on any atom is 0.218 e. The minimum absolute atomic E-state index is 0.0112. The number of aryl methyl sites for hydroxylation is 1. The molecule has 0 aliphatic carbocycles. The smallest absolute Gasteiger partial charge is 0.218 e. The van der Waals surface area contributed by atoms with Crippen molar-refractivity contribution in [3.05, 3.63) is 65.2 Å². The molecule has 3 fully saturated rings. The van der Waals surface area contributed by atoms with Crippen molar-refractivity contribution in [2.24, 2.45) is 0 Å². The predicted molar refractivity (Wildman–Crippen MR) is 97.3 cm³/mol. The second kappa shape index (κ2) is 6.72. The van der Waals surface area contributed by atoms with Gasteiger partial charge in [-0.15, -0.1) is 0 Å². The van der Waals surface area contributed by atoms with Gasteiger partial charge in [-0.25, -0.2) is 12.8 Å². The van der Waals surface area contributed by atoms with Gasteiger partial charge in [-0.1, -0.05) is 18.2 Å². The standard InChI is InChI=1S/C19H22FN3O2S/c1-14-4-2-7-17(21-14)10-22-11-18-9-19(12-22)23(18)26(24,25)13-15-5-3-6-16(20)8-15/h2-8,18-19H,9-13H2,1H3. The minimum atomic E-state index is -3.43. The number of piperidine rings is 1. The summed E-state index contributed by atoms with van der Waals surface area (Å²) in [5.41, 5.74) is 2.50. The van der Waals surface area contributed by atoms with Gasteiger partial charge in [0.15, 0.2) is 0 Å². The number of rotatable bonds is 5. The Morgan fingerprint density at radius 2 is 1.88 bits per heavy atom. The third kappa shape index (κ3) is 3.51. The van der Waals surface area contributed by atoms with E-state index in [-0.39, 0.29) is 17.8 Å². The van der Waals surface area contributed by atoms with Gasteiger partial charge >= 0.3 is 0 Å². The summed E-state index contributed by atoms with van der Waals surface area (Å²) in [6.07, 6.45) is 0.903. The average molecular weight is 375 g/mol. The van der Waals surface area contributed by atoms with Crippen molar-refractivity contribution in [1.29, 1.82) is 0 Å². The van der Waals surface area contributed by atoms with E-state index in [9.17, 15) is 12.8 Å². The maximum atomic E-state index is 13.3. The van der Waals surface area contributed by atoms with Crippen LogP contribution in [-0.4, -0.2) is 47.8 Å². The lowest BCUT2D eigenvalue weighted by Crippen LogP contribution is -2.69. The Morgan fingerprint density at radius 1 is 1.15 bits per heavy atom. The number of sulfonamides is 1. The molecule has 7 heteroatoms. The van der Waals surface area contributed by atoms with Gasteiger partial charge in [-0.3, -0.25) is 9.88 Å². The Balaban J connectivity index is 1.42. The van der Waals surface area contributed by atoms with Crippen LogP contribution < -0.4 is 0 Å². The molecule has 3 saturated heterocycles. The molecule has 3 aliphatic heterocycles. The molecule has 0 spiro atoms. The molecule has 138 valence electrons. The van der Waals surface area contributed by atoms with Crippen molar-refractivity contribution in [1.82, 2.24) is 14.2 Å². The number of pyridine rings is 1. The van der Waals surface area contributed by atoms with E-state index in [1.165, 1.54) is 12.1 Å². The van der Waals surface area contributed by atoms with Gasteiger partial charge in [0.2, 0.25) is 10.0 Å². The van der Waals surface area contributed by atoms with Gasteiger partial charge in [-0.05, 0) is 43.2 Å². The molecule has 2 atom stereocenters. The first-order valence-corrected chi connectivity index (χ1v) is 10.4. The van der Waals surface area contributed by atoms with Crippen LogP contribution in [0.15, 0.2) is 42.5 Å². The summed E-state index contributed by atoms with van der Waals surface area (Å²) < 4.78 is 40.6. The van der Waals surface area contributed by atoms with Crippen LogP contribution in [0.1, 0.15) is 23.4 Å². The number of fused-ring (bicyclic) bond motifs is 2. The summed E-state index contributed by atoms with van der Waals surface area (Å²) in [4.78, 5) is 6.80. The second-order valence-corrected chi connectivity index (χ2v) is 9.10. The van der Waals surface area contributed by atoms with Crippen molar-refractivity contribution in [3.8, 4) is 0 Å². The molecule has 1 aromatic heterocycles. The average Bonchev–Trinajstić information content (AvgIpc) is 2.53. The molecule has 0 N–H and O–H groups in total. The summed E-state index contributed by atoms with van der Waals surface area (Å²) in [5.74, 6) is -0.546. The van der Waals surface area contributed by atoms with Crippen LogP contribution >= 0.6 is 0 Å². The summed E-state index contributed by atoms with van der Waals surface area (Å²) >= 11 is 0. The third-order valence-electron chi connectivity index (χ3n) is 5.09. The van der Waals surface area contributed by atoms with Crippen LogP contribution in [0, 0.1) is 12.7 Å². The lowest BCUT2D eigenvalue weighted by Gasteiger charge is -2.55. The highest BCUT2D eigenvalue weighted by Gasteiger charge is 2.50. The highest BCUT2D eigenvalue weighted by Crippen LogP contribution is 2.36. The van der Waals surface area contributed by atoms with E-state index in [4.69, 9.17) is 0 Å². The lowest BCUT2D eigenvalue weighted by atomic mass is 9.91. The van der Waals surface area contributed by atoms with Gasteiger partial charge in [-0.2, -0.15) is 4.31 Å². The Labute approximate surface area is 153 Å². The number of benzene rings is 1. The molecule has 1 aromatic carbocycles. The van der Waals surface area contributed by atoms with Crippen LogP contribution in [0.2, 0.25) is 0 Å². The number of piperazine rings is 1. The number of halogens is 1. The normalized spacial score (nSPS) is 23.6. The molecule has 0 radical (unpaired) electrons. The molecule has 0 amide bonds. The van der Waals surface area contributed by atoms with Crippen LogP contribution in [0.3, 0.4) is 0 Å². The second-order valence-electron chi connectivity index (χ2n) is 7.22. The van der Waals surface area contributed by atoms with Gasteiger partial charge in [0.25, 0.3) is 0 Å². The van der Waals surface area contributed by atoms with Crippen molar-refractivity contribution < 1.29 is 12.8 Å². The maximum absolute atomic E-state index is 13.3. The molecular formula is C19H22FN3O2S. The fourth-order valence-corrected chi connectivity index (χ4v) is 6.04. The molecular weight excluding hydrogens is 353 g/mol. The molecule has 4 heterocycles. The Hall–Kier alpha value is -1.83. The quantitative estimate of drug-likeness (QED) is 0.805. The summed E-state index contributed by atoms with van der Waals surface area (Å²) in [5, 5.41) is 0. The van der Waals surface area contributed by atoms with E-state index in [0.717, 1.165) is 24.4 Å². The monoisotopic (exact) mass is 375 g/mol. The van der Waals surface area contributed by atoms with Gasteiger partial charge < -0.3 is 0 Å². The van der Waals surface area contributed by atoms with E-state index in [2.05, 4.69) is 9.88 Å². The largest absolute Gasteiger partial charge is 0.294 e. The first-order chi connectivity index (χ1) is 12.4. The van der Waals surface area contributed by atoms with Crippen LogP contribution in [0.4, 0.5) is 4.39 Å². The molecule has 0 saturated carbocycles. The number of hydrogen-bond donors (Lipinski definition) is 0. The Bertz CT molecular complexity index is 907. The molecule has 2 unspecified atom stereocenters. The van der Waals surface area contributed by atoms with Crippen LogP contribution in [0.5, 0.6) is 0 Å². The van der Waals surface area contributed by atoms with Crippen molar-refractivity contribution >= 4 is 10.0 Å². The SMILES string of the molecule is Cc1cccc(CN2CC3CC(C2)N3S(=O)(=O)Cc2cccc(F)c2)n1. The van der Waals surface area contributed by atoms with E-state index in [0.29, 0.717) is 18.7 Å². The zero-order valence-electron chi connectivity index (χ0n) is 14.7. The molecule has 2 bridgehead atoms. The molecule has 5 nitrogen and oxygen atoms in total. The van der Waals surface area contributed by atoms with Crippen LogP contribution in [-0.2, 0) is 22.3 Å². The summed E-state index contributed by atoms with van der Waals surface area (Å²) in [6, 6.07) is 11.8. The Kier molecular flexibility index (Phi) is 4.54. The molecule has 3 aliphatic rings. The fraction of sp³-hybridized carbons (Fsp3) is 0.421. The first kappa shape index (κ1) is 17.6. The van der Waals surface area contributed by atoms with Gasteiger partial charge in [0, 0.05) is 37.4 Å². The fourth-order valence-electron chi connectivity index (χ4n) is 4.07. The molecule has 26 heavy (non-hydrogen) atoms. The van der Waals surface area contributed by atoms with E-state index in [1.807, 2.05) is 25.1 Å². The first-order valence-electron chi connectivity index (χ1n) is 8.81. The Morgan fingerprint density at radius 3 is 2.58 bits per heavy atom. The predicted octanol–water partition coefficient (Wildman–Crippen LogP) is 2.32. The number of hydrogen-bond acceptors (Lipinski definition) is 4. The minimum Gasteiger partial charge on any atom is -0.294 e. The van der Waals surface area contributed by atoms with Crippen molar-refractivity contribution in [2.45, 2.75) is 37.7 Å². The zero-order valence-corrected chi connectivity index (χ0v) is 15.5. The van der Waals surface area contributed by atoms with Gasteiger partial charge in [0.05, 0.1) is 11.4 Å². The number of aromatic nitrogens is 1. The lowest BCUT2D eigenvalue weighted by molar-refractivity contribution is -0.0109. The van der Waals surface area contributed by atoms with E-state index >= 15 is 0 Å². The highest BCUT2D eigenvalue weighted by atomic mass is 32.2.